The molecule has 6 nitrogen and oxygen atoms in total. The number of fused-ring (bicyclic) bond motifs is 2. The largest absolute Gasteiger partial charge is 0.484 e. The molecule has 4 aliphatic rings. The van der Waals surface area contributed by atoms with E-state index in [2.05, 4.69) is 28.1 Å². The molecule has 1 saturated carbocycles. The number of ether oxygens (including phenoxy) is 3. The van der Waals surface area contributed by atoms with E-state index in [4.69, 9.17) is 14.2 Å². The van der Waals surface area contributed by atoms with E-state index in [1.807, 2.05) is 19.1 Å². The van der Waals surface area contributed by atoms with Crippen molar-refractivity contribution in [2.75, 3.05) is 32.8 Å². The van der Waals surface area contributed by atoms with E-state index in [0.717, 1.165) is 31.8 Å². The first-order chi connectivity index (χ1) is 13.7. The van der Waals surface area contributed by atoms with E-state index in [-0.39, 0.29) is 18.0 Å². The summed E-state index contributed by atoms with van der Waals surface area (Å²) in [6, 6.07) is 3.75. The summed E-state index contributed by atoms with van der Waals surface area (Å²) in [6.45, 7) is 5.88. The highest BCUT2D eigenvalue weighted by atomic mass is 16.6. The van der Waals surface area contributed by atoms with Crippen molar-refractivity contribution >= 4 is 5.97 Å². The molecule has 28 heavy (non-hydrogen) atoms. The van der Waals surface area contributed by atoms with Gasteiger partial charge in [0.2, 0.25) is 0 Å². The topological polar surface area (TPSA) is 60.9 Å². The molecule has 0 aromatic carbocycles. The number of likely N-dealkylation sites (tertiary alicyclic amines) is 1. The second kappa shape index (κ2) is 7.24. The second-order valence-corrected chi connectivity index (χ2v) is 8.11. The van der Waals surface area contributed by atoms with Crippen LogP contribution in [0.3, 0.4) is 0 Å². The van der Waals surface area contributed by atoms with Gasteiger partial charge in [0.25, 0.3) is 5.88 Å². The third kappa shape index (κ3) is 3.30. The molecule has 148 valence electrons. The minimum atomic E-state index is 0.00113. The lowest BCUT2D eigenvalue weighted by Gasteiger charge is -2.31. The summed E-state index contributed by atoms with van der Waals surface area (Å²) >= 11 is 0. The molecule has 1 saturated heterocycles. The molecule has 2 fully saturated rings. The third-order valence-corrected chi connectivity index (χ3v) is 6.32. The molecule has 0 spiro atoms. The Hall–Kier alpha value is -2.34. The predicted octanol–water partition coefficient (Wildman–Crippen LogP) is 2.46. The van der Waals surface area contributed by atoms with Crippen LogP contribution in [-0.4, -0.2) is 54.8 Å². The molecule has 1 aromatic heterocycles. The highest BCUT2D eigenvalue weighted by Gasteiger charge is 2.60. The number of allylic oxidation sites excluding steroid dienone is 1. The van der Waals surface area contributed by atoms with Crippen molar-refractivity contribution in [2.45, 2.75) is 19.4 Å². The van der Waals surface area contributed by atoms with Gasteiger partial charge in [0, 0.05) is 31.7 Å². The Morgan fingerprint density at radius 2 is 2.21 bits per heavy atom. The predicted molar refractivity (Wildman–Crippen MR) is 103 cm³/mol. The number of nitrogens with zero attached hydrogens (tertiary/aromatic N) is 2. The van der Waals surface area contributed by atoms with Crippen molar-refractivity contribution in [3.8, 4) is 11.6 Å². The highest BCUT2D eigenvalue weighted by Crippen LogP contribution is 2.52. The molecule has 2 aliphatic carbocycles. The van der Waals surface area contributed by atoms with Gasteiger partial charge >= 0.3 is 5.97 Å². The van der Waals surface area contributed by atoms with Crippen LogP contribution in [0.4, 0.5) is 0 Å². The number of rotatable bonds is 5. The second-order valence-electron chi connectivity index (χ2n) is 8.11. The molecule has 5 atom stereocenters. The molecule has 0 radical (unpaired) electrons. The van der Waals surface area contributed by atoms with Gasteiger partial charge in [-0.1, -0.05) is 18.2 Å². The average molecular weight is 382 g/mol. The van der Waals surface area contributed by atoms with Gasteiger partial charge in [0.15, 0.2) is 5.75 Å². The Morgan fingerprint density at radius 3 is 2.96 bits per heavy atom. The number of hydrogen-bond donors (Lipinski definition) is 0. The van der Waals surface area contributed by atoms with Gasteiger partial charge in [0.05, 0.1) is 12.5 Å². The third-order valence-electron chi connectivity index (χ3n) is 6.32. The lowest BCUT2D eigenvalue weighted by atomic mass is 9.91. The van der Waals surface area contributed by atoms with E-state index in [1.165, 1.54) is 5.57 Å². The van der Waals surface area contributed by atoms with Gasteiger partial charge in [-0.25, -0.2) is 4.98 Å². The molecule has 0 amide bonds. The van der Waals surface area contributed by atoms with E-state index >= 15 is 0 Å². The lowest BCUT2D eigenvalue weighted by molar-refractivity contribution is -0.145. The zero-order valence-electron chi connectivity index (χ0n) is 16.1. The molecular formula is C22H26N2O4. The van der Waals surface area contributed by atoms with Crippen molar-refractivity contribution < 1.29 is 19.0 Å². The maximum Gasteiger partial charge on any atom is 0.309 e. The van der Waals surface area contributed by atoms with Crippen molar-refractivity contribution in [1.82, 2.24) is 9.88 Å². The van der Waals surface area contributed by atoms with Gasteiger partial charge in [-0.3, -0.25) is 9.69 Å². The van der Waals surface area contributed by atoms with Gasteiger partial charge in [0.1, 0.15) is 12.7 Å². The molecule has 6 heteroatoms. The normalized spacial score (nSPS) is 33.2. The van der Waals surface area contributed by atoms with Crippen LogP contribution in [-0.2, 0) is 9.53 Å². The molecule has 3 heterocycles. The molecular weight excluding hydrogens is 356 g/mol. The summed E-state index contributed by atoms with van der Waals surface area (Å²) in [7, 11) is 0. The summed E-state index contributed by atoms with van der Waals surface area (Å²) in [5.41, 5.74) is 1.35. The summed E-state index contributed by atoms with van der Waals surface area (Å²) in [5.74, 6) is 2.77. The van der Waals surface area contributed by atoms with Gasteiger partial charge in [-0.2, -0.15) is 0 Å². The quantitative estimate of drug-likeness (QED) is 0.729. The Bertz CT molecular complexity index is 809. The maximum absolute atomic E-state index is 11.9. The van der Waals surface area contributed by atoms with Crippen LogP contribution in [0.2, 0.25) is 0 Å². The SMILES string of the molecule is CCOC(=O)C1[C@H]2CN(CC3=CCC([C@H]4COc5cccnc5O4)C=C3)C[C@@H]12. The fourth-order valence-electron chi connectivity index (χ4n) is 4.80. The van der Waals surface area contributed by atoms with Crippen LogP contribution >= 0.6 is 0 Å². The number of hydrogen-bond acceptors (Lipinski definition) is 6. The average Bonchev–Trinajstić information content (AvgIpc) is 3.24. The number of pyridine rings is 1. The van der Waals surface area contributed by atoms with E-state index in [9.17, 15) is 4.79 Å². The summed E-state index contributed by atoms with van der Waals surface area (Å²) in [6.07, 6.45) is 9.46. The standard InChI is InChI=1S/C22H26N2O4/c1-2-26-22(25)20-16-11-24(12-17(16)20)10-14-5-7-15(8-6-14)19-13-27-18-4-3-9-23-21(18)28-19/h3-7,9,15-17,19-20H,2,8,10-13H2,1H3/t15?,16-,17+,19-,20?/m1/s1. The first kappa shape index (κ1) is 17.7. The number of carbonyl (C=O) groups is 1. The molecule has 2 unspecified atom stereocenters. The van der Waals surface area contributed by atoms with Crippen LogP contribution in [0.25, 0.3) is 0 Å². The monoisotopic (exact) mass is 382 g/mol. The van der Waals surface area contributed by atoms with Crippen LogP contribution in [0.5, 0.6) is 11.6 Å². The Balaban J connectivity index is 1.11. The maximum atomic E-state index is 11.9. The smallest absolute Gasteiger partial charge is 0.309 e. The Labute approximate surface area is 165 Å². The zero-order valence-corrected chi connectivity index (χ0v) is 16.1. The summed E-state index contributed by atoms with van der Waals surface area (Å²) in [4.78, 5) is 18.6. The number of carbonyl (C=O) groups excluding carboxylic acids is 1. The molecule has 0 N–H and O–H groups in total. The van der Waals surface area contributed by atoms with Crippen LogP contribution in [0, 0.1) is 23.7 Å². The molecule has 5 rings (SSSR count). The van der Waals surface area contributed by atoms with Crippen molar-refractivity contribution in [1.29, 1.82) is 0 Å². The Morgan fingerprint density at radius 1 is 1.36 bits per heavy atom. The molecule has 2 aliphatic heterocycles. The van der Waals surface area contributed by atoms with Crippen molar-refractivity contribution in [3.05, 3.63) is 42.1 Å². The molecule has 0 bridgehead atoms. The zero-order chi connectivity index (χ0) is 19.1. The minimum absolute atomic E-state index is 0.00113. The Kier molecular flexibility index (Phi) is 4.59. The van der Waals surface area contributed by atoms with Crippen LogP contribution in [0.1, 0.15) is 13.3 Å². The lowest BCUT2D eigenvalue weighted by Crippen LogP contribution is -2.36. The highest BCUT2D eigenvalue weighted by molar-refractivity contribution is 5.77. The minimum Gasteiger partial charge on any atom is -0.484 e. The van der Waals surface area contributed by atoms with E-state index < -0.39 is 0 Å². The summed E-state index contributed by atoms with van der Waals surface area (Å²) < 4.78 is 17.0. The first-order valence-corrected chi connectivity index (χ1v) is 10.2. The number of esters is 1. The van der Waals surface area contributed by atoms with E-state index in [0.29, 0.717) is 36.8 Å². The van der Waals surface area contributed by atoms with Crippen LogP contribution < -0.4 is 9.47 Å². The fraction of sp³-hybridized carbons (Fsp3) is 0.545. The van der Waals surface area contributed by atoms with Crippen molar-refractivity contribution in [3.63, 3.8) is 0 Å². The van der Waals surface area contributed by atoms with Gasteiger partial charge in [-0.05, 0) is 42.9 Å². The van der Waals surface area contributed by atoms with Crippen molar-refractivity contribution in [2.24, 2.45) is 23.7 Å². The van der Waals surface area contributed by atoms with Gasteiger partial charge < -0.3 is 14.2 Å². The van der Waals surface area contributed by atoms with Crippen LogP contribution in [0.15, 0.2) is 42.1 Å². The number of piperidine rings is 1. The number of aromatic nitrogens is 1. The fourth-order valence-corrected chi connectivity index (χ4v) is 4.80. The van der Waals surface area contributed by atoms with E-state index in [1.54, 1.807) is 6.20 Å². The molecule has 1 aromatic rings. The first-order valence-electron chi connectivity index (χ1n) is 10.2. The van der Waals surface area contributed by atoms with Gasteiger partial charge in [-0.15, -0.1) is 0 Å². The summed E-state index contributed by atoms with van der Waals surface area (Å²) in [5, 5.41) is 0.